The summed E-state index contributed by atoms with van der Waals surface area (Å²) in [4.78, 5) is 33.7. The maximum absolute atomic E-state index is 13.2. The summed E-state index contributed by atoms with van der Waals surface area (Å²) in [6.45, 7) is 3.47. The van der Waals surface area contributed by atoms with Crippen LogP contribution in [0.4, 0.5) is 0 Å². The van der Waals surface area contributed by atoms with E-state index < -0.39 is 5.97 Å². The molecule has 10 aromatic rings. The zero-order chi connectivity index (χ0) is 77.7. The second-order valence-corrected chi connectivity index (χ2v) is 30.5. The van der Waals surface area contributed by atoms with Crippen LogP contribution >= 0.6 is 34.3 Å². The highest BCUT2D eigenvalue weighted by atomic mass is 35.5. The van der Waals surface area contributed by atoms with Gasteiger partial charge in [0.15, 0.2) is 69.0 Å². The van der Waals surface area contributed by atoms with Gasteiger partial charge >= 0.3 is 11.9 Å². The van der Waals surface area contributed by atoms with E-state index in [1.54, 1.807) is 80.5 Å². The number of thiophene rings is 2. The van der Waals surface area contributed by atoms with Gasteiger partial charge < -0.3 is 66.7 Å². The highest BCUT2D eigenvalue weighted by Crippen LogP contribution is 2.57. The average Bonchev–Trinajstić information content (AvgIpc) is 1.32. The number of carboxylic acid groups (broad SMARTS) is 1. The molecule has 18 rings (SSSR count). The molecular weight excluding hydrogens is 1490 g/mol. The molecule has 0 saturated heterocycles. The number of carboxylic acids is 1. The minimum atomic E-state index is -0.847. The molecule has 12 bridgehead atoms. The summed E-state index contributed by atoms with van der Waals surface area (Å²) in [7, 11) is 21.9. The molecule has 0 aliphatic carbocycles. The second kappa shape index (κ2) is 36.3. The van der Waals surface area contributed by atoms with E-state index in [2.05, 4.69) is 115 Å². The predicted octanol–water partition coefficient (Wildman–Crippen LogP) is 19.2. The third-order valence-electron chi connectivity index (χ3n) is 22.2. The van der Waals surface area contributed by atoms with Crippen molar-refractivity contribution >= 4 is 46.2 Å². The number of hydrogen-bond acceptors (Lipinski definition) is 21. The summed E-state index contributed by atoms with van der Waals surface area (Å²) in [5.74, 6) is 8.90. The van der Waals surface area contributed by atoms with Gasteiger partial charge in [0.25, 0.3) is 0 Å². The Kier molecular flexibility index (Phi) is 26.5. The number of likely N-dealkylation sites (N-methyl/N-ethyl adjacent to an activating group) is 4. The molecule has 0 radical (unpaired) electrons. The first-order valence-electron chi connectivity index (χ1n) is 37.1. The summed E-state index contributed by atoms with van der Waals surface area (Å²) in [5, 5.41) is 11.9. The number of halogens is 1. The van der Waals surface area contributed by atoms with Crippen molar-refractivity contribution in [3.63, 3.8) is 0 Å². The summed E-state index contributed by atoms with van der Waals surface area (Å²) < 4.78 is 81.2. The number of carbonyl (C=O) groups is 2. The Morgan fingerprint density at radius 1 is 0.434 bits per heavy atom. The van der Waals surface area contributed by atoms with Crippen molar-refractivity contribution in [2.24, 2.45) is 0 Å². The Hall–Kier alpha value is -10.2. The van der Waals surface area contributed by atoms with Crippen LogP contribution in [0.5, 0.6) is 92.0 Å². The fourth-order valence-corrected chi connectivity index (χ4v) is 17.8. The van der Waals surface area contributed by atoms with E-state index in [4.69, 9.17) is 78.3 Å². The fourth-order valence-electron chi connectivity index (χ4n) is 16.3. The van der Waals surface area contributed by atoms with Crippen LogP contribution in [0.3, 0.4) is 0 Å². The molecule has 8 aromatic carbocycles. The lowest BCUT2D eigenvalue weighted by Crippen LogP contribution is -2.35. The number of rotatable bonds is 13. The van der Waals surface area contributed by atoms with E-state index in [9.17, 15) is 9.59 Å². The molecular formula is C90H101ClN4O16S2. The van der Waals surface area contributed by atoms with Gasteiger partial charge in [0.1, 0.15) is 27.9 Å². The van der Waals surface area contributed by atoms with Crippen molar-refractivity contribution in [2.75, 3.05) is 111 Å². The monoisotopic (exact) mass is 1590 g/mol. The zero-order valence-electron chi connectivity index (χ0n) is 64.6. The Labute approximate surface area is 676 Å². The second-order valence-electron chi connectivity index (χ2n) is 28.4. The van der Waals surface area contributed by atoms with Crippen molar-refractivity contribution in [3.05, 3.63) is 232 Å². The van der Waals surface area contributed by atoms with Crippen molar-refractivity contribution in [1.29, 1.82) is 0 Å². The number of fused-ring (bicyclic) bond motifs is 4. The largest absolute Gasteiger partial charge is 0.493 e. The molecule has 23 heteroatoms. The number of esters is 1. The fraction of sp³-hybridized carbons (Fsp3) is 0.356. The molecule has 596 valence electrons. The van der Waals surface area contributed by atoms with Gasteiger partial charge in [-0.1, -0.05) is 63.4 Å². The van der Waals surface area contributed by atoms with Crippen LogP contribution in [-0.2, 0) is 68.6 Å². The maximum atomic E-state index is 13.2. The molecule has 113 heavy (non-hydrogen) atoms. The number of ether oxygens (including phenoxy) is 13. The molecule has 8 aliphatic rings. The van der Waals surface area contributed by atoms with Crippen molar-refractivity contribution in [3.8, 4) is 92.0 Å². The highest BCUT2D eigenvalue weighted by molar-refractivity contribution is 7.12. The van der Waals surface area contributed by atoms with Gasteiger partial charge in [0.05, 0.1) is 62.8 Å². The number of benzene rings is 8. The van der Waals surface area contributed by atoms with Crippen molar-refractivity contribution in [1.82, 2.24) is 19.6 Å². The Bertz CT molecular complexity index is 5020. The molecule has 0 spiro atoms. The maximum Gasteiger partial charge on any atom is 0.348 e. The van der Waals surface area contributed by atoms with Crippen molar-refractivity contribution in [2.45, 2.75) is 103 Å². The first kappa shape index (κ1) is 82.3. The SMILES string of the molecule is C.C.COc1ccc2cc1Oc1ccc(cc1)C[C@H]1c3cc(c(OC)cc3CCN1C)Oc1c(OC)c(OC)c(CCl)c3c1[C@H](C2)N(C)CC3.COc1ccc2cc1Oc1ccc(cc1)C[C@H]1c3cc(c(OC)cc3CCN1C)Oc1c(OC)c(OC)c(COC(=O)c3cccs3)c3c1[C@H](C2)N(C)CC3.O=C(O)c1cccs1. The van der Waals surface area contributed by atoms with E-state index in [-0.39, 0.29) is 57.5 Å². The Morgan fingerprint density at radius 2 is 0.814 bits per heavy atom. The van der Waals surface area contributed by atoms with E-state index in [1.165, 1.54) is 56.1 Å². The molecule has 2 aromatic heterocycles. The summed E-state index contributed by atoms with van der Waals surface area (Å²) >= 11 is 9.26. The van der Waals surface area contributed by atoms with Crippen LogP contribution in [0.1, 0.15) is 136 Å². The van der Waals surface area contributed by atoms with Gasteiger partial charge in [-0.3, -0.25) is 19.6 Å². The third kappa shape index (κ3) is 16.9. The first-order chi connectivity index (χ1) is 54.0. The molecule has 0 unspecified atom stereocenters. The highest BCUT2D eigenvalue weighted by Gasteiger charge is 2.40. The van der Waals surface area contributed by atoms with Crippen LogP contribution < -0.4 is 56.8 Å². The Balaban J connectivity index is 0.000000188. The molecule has 10 heterocycles. The number of nitrogens with zero attached hydrogens (tertiary/aromatic N) is 4. The third-order valence-corrected chi connectivity index (χ3v) is 24.1. The number of hydrogen-bond donors (Lipinski definition) is 1. The number of methoxy groups -OCH3 is 8. The van der Waals surface area contributed by atoms with Crippen LogP contribution in [0.15, 0.2) is 144 Å². The van der Waals surface area contributed by atoms with Crippen molar-refractivity contribution < 1.29 is 76.3 Å². The lowest BCUT2D eigenvalue weighted by Gasteiger charge is -2.38. The zero-order valence-corrected chi connectivity index (χ0v) is 67.0. The number of aromatic carboxylic acids is 1. The molecule has 0 fully saturated rings. The predicted molar refractivity (Wildman–Crippen MR) is 443 cm³/mol. The van der Waals surface area contributed by atoms with Gasteiger partial charge in [0, 0.05) is 72.6 Å². The van der Waals surface area contributed by atoms with E-state index in [0.29, 0.717) is 110 Å². The summed E-state index contributed by atoms with van der Waals surface area (Å²) in [6, 6.07) is 44.4. The van der Waals surface area contributed by atoms with E-state index in [0.717, 1.165) is 114 Å². The normalized spacial score (nSPS) is 17.4. The number of alkyl halides is 1. The minimum absolute atomic E-state index is 0. The van der Waals surface area contributed by atoms with Crippen LogP contribution in [0.2, 0.25) is 0 Å². The van der Waals surface area contributed by atoms with E-state index >= 15 is 0 Å². The topological polar surface area (TPSA) is 187 Å². The number of carbonyl (C=O) groups excluding carboxylic acids is 1. The van der Waals surface area contributed by atoms with Crippen LogP contribution in [-0.4, -0.2) is 148 Å². The van der Waals surface area contributed by atoms with Crippen LogP contribution in [0, 0.1) is 0 Å². The van der Waals surface area contributed by atoms with Gasteiger partial charge in [-0.2, -0.15) is 0 Å². The summed E-state index contributed by atoms with van der Waals surface area (Å²) in [6.07, 6.45) is 6.21. The lowest BCUT2D eigenvalue weighted by atomic mass is 9.84. The standard InChI is InChI=1S/C44H46N2O8S.C39H43ClN2O6.C5H4O2S.2CH4/c1-45-17-15-28-23-36(49-4)38-24-31(28)33(45)20-26-9-12-29(13-10-26)53-37-22-27(11-14-35(37)48-3)21-34-40-30(16-18-46(34)2)32(25-52-44(47)39-8-7-19-55-39)41(50-5)43(51-6)42(40)54-38;1-41-15-13-25-20-33(44-4)35-21-28(25)30(41)17-23-7-10-26(11-8-23)47-34-19-24(9-12-32(34)43-3)18-31-36-27(14-16-42(31)2)29(22-40)37(45-5)39(46-6)38(36)48-35;6-5(7)4-2-1-3-8-4;;/h7-14,19,22-24,33-34H,15-18,20-21,25H2,1-6H3;7-12,19-21,30-31H,13-18,22H2,1-6H3;1-3H,(H,6,7);2*1H4/t33-,34-;30-,31-;;;/m00.../s1. The smallest absolute Gasteiger partial charge is 0.348 e. The first-order valence-corrected chi connectivity index (χ1v) is 39.3. The van der Waals surface area contributed by atoms with Gasteiger partial charge in [-0.25, -0.2) is 9.59 Å². The molecule has 0 saturated carbocycles. The molecule has 0 amide bonds. The van der Waals surface area contributed by atoms with Gasteiger partial charge in [0.2, 0.25) is 11.5 Å². The van der Waals surface area contributed by atoms with Gasteiger partial charge in [-0.05, 0) is 231 Å². The minimum Gasteiger partial charge on any atom is -0.493 e. The average molecular weight is 1590 g/mol. The van der Waals surface area contributed by atoms with Crippen LogP contribution in [0.25, 0.3) is 0 Å². The quantitative estimate of drug-likeness (QED) is 0.0847. The van der Waals surface area contributed by atoms with Gasteiger partial charge in [-0.15, -0.1) is 34.3 Å². The summed E-state index contributed by atoms with van der Waals surface area (Å²) in [5.41, 5.74) is 15.3. The molecule has 20 nitrogen and oxygen atoms in total. The van der Waals surface area contributed by atoms with E-state index in [1.807, 2.05) is 53.9 Å². The molecule has 4 atom stereocenters. The molecule has 8 aliphatic heterocycles. The Morgan fingerprint density at radius 3 is 1.20 bits per heavy atom. The lowest BCUT2D eigenvalue weighted by molar-refractivity contribution is 0.0472. The molecule has 1 N–H and O–H groups in total.